The van der Waals surface area contributed by atoms with Gasteiger partial charge >= 0.3 is 12.1 Å². The number of aliphatic carboxylic acids is 1. The summed E-state index contributed by atoms with van der Waals surface area (Å²) in [4.78, 5) is 23.2. The summed E-state index contributed by atoms with van der Waals surface area (Å²) < 4.78 is 6.17. The Hall–Kier alpha value is -1.31. The molecule has 0 aliphatic rings. The summed E-state index contributed by atoms with van der Waals surface area (Å²) in [5, 5.41) is 11.8. The minimum atomic E-state index is -1.09. The minimum absolute atomic E-state index is 0.369. The Labute approximate surface area is 138 Å². The molecule has 0 saturated heterocycles. The largest absolute Gasteiger partial charge is 0.480 e. The van der Waals surface area contributed by atoms with E-state index in [1.807, 2.05) is 24.3 Å². The van der Waals surface area contributed by atoms with Gasteiger partial charge in [-0.1, -0.05) is 19.1 Å². The molecule has 0 bridgehead atoms. The molecule has 0 aliphatic heterocycles. The first kappa shape index (κ1) is 17.7. The molecule has 0 heterocycles. The topological polar surface area (TPSA) is 75.6 Å². The van der Waals surface area contributed by atoms with Crippen molar-refractivity contribution in [3.05, 3.63) is 33.4 Å². The molecule has 0 fully saturated rings. The van der Waals surface area contributed by atoms with Gasteiger partial charge in [-0.05, 0) is 61.1 Å². The lowest BCUT2D eigenvalue weighted by Gasteiger charge is -2.25. The molecule has 1 aromatic carbocycles. The number of rotatable bonds is 4. The molecular weight excluding hydrogens is 385 g/mol. The fourth-order valence-corrected chi connectivity index (χ4v) is 2.15. The van der Waals surface area contributed by atoms with E-state index in [1.54, 1.807) is 27.7 Å². The zero-order valence-corrected chi connectivity index (χ0v) is 14.7. The number of carboxylic acid groups (broad SMARTS) is 1. The summed E-state index contributed by atoms with van der Waals surface area (Å²) in [5.41, 5.74) is 0.179. The third-order valence-electron chi connectivity index (χ3n) is 2.83. The van der Waals surface area contributed by atoms with Gasteiger partial charge in [0.25, 0.3) is 0 Å². The Bertz CT molecular complexity index is 507. The lowest BCUT2D eigenvalue weighted by molar-refractivity contribution is -0.140. The average Bonchev–Trinajstić information content (AvgIpc) is 2.33. The summed E-state index contributed by atoms with van der Waals surface area (Å²) in [6.07, 6.45) is -0.729. The standard InChI is InChI=1S/C15H20INO4/c1-9(10-5-7-11(16)8-6-10)12(13(18)19)17-14(20)21-15(2,3)4/h5-9,12H,1-4H3,(H,17,20)(H,18,19)/t9?,12-/m0/s1. The summed E-state index contributed by atoms with van der Waals surface area (Å²) in [5.74, 6) is -1.46. The number of nitrogens with one attached hydrogen (secondary N) is 1. The van der Waals surface area contributed by atoms with Crippen LogP contribution in [0.25, 0.3) is 0 Å². The maximum Gasteiger partial charge on any atom is 0.408 e. The zero-order chi connectivity index (χ0) is 16.2. The van der Waals surface area contributed by atoms with E-state index >= 15 is 0 Å². The van der Waals surface area contributed by atoms with Crippen molar-refractivity contribution in [3.63, 3.8) is 0 Å². The smallest absolute Gasteiger partial charge is 0.408 e. The molecule has 6 heteroatoms. The molecular formula is C15H20INO4. The normalized spacial score (nSPS) is 14.1. The van der Waals surface area contributed by atoms with Gasteiger partial charge in [-0.25, -0.2) is 9.59 Å². The molecule has 2 N–H and O–H groups in total. The number of carbonyl (C=O) groups is 2. The first-order valence-corrected chi connectivity index (χ1v) is 7.66. The van der Waals surface area contributed by atoms with Crippen molar-refractivity contribution in [2.45, 2.75) is 45.3 Å². The van der Waals surface area contributed by atoms with Crippen LogP contribution >= 0.6 is 22.6 Å². The lowest BCUT2D eigenvalue weighted by Crippen LogP contribution is -2.46. The maximum absolute atomic E-state index is 11.8. The van der Waals surface area contributed by atoms with Gasteiger partial charge in [0.15, 0.2) is 0 Å². The Morgan fingerprint density at radius 3 is 2.19 bits per heavy atom. The number of hydrogen-bond donors (Lipinski definition) is 2. The first-order chi connectivity index (χ1) is 9.60. The highest BCUT2D eigenvalue weighted by Gasteiger charge is 2.29. The van der Waals surface area contributed by atoms with Crippen molar-refractivity contribution in [2.75, 3.05) is 0 Å². The number of ether oxygens (including phenoxy) is 1. The average molecular weight is 405 g/mol. The van der Waals surface area contributed by atoms with E-state index in [1.165, 1.54) is 0 Å². The molecule has 0 aliphatic carbocycles. The number of hydrogen-bond acceptors (Lipinski definition) is 3. The molecule has 0 aromatic heterocycles. The molecule has 5 nitrogen and oxygen atoms in total. The van der Waals surface area contributed by atoms with Crippen LogP contribution < -0.4 is 5.32 Å². The SMILES string of the molecule is CC(c1ccc(I)cc1)[C@H](NC(=O)OC(C)(C)C)C(=O)O. The minimum Gasteiger partial charge on any atom is -0.480 e. The van der Waals surface area contributed by atoms with Crippen LogP contribution in [0.5, 0.6) is 0 Å². The highest BCUT2D eigenvalue weighted by Crippen LogP contribution is 2.21. The Morgan fingerprint density at radius 2 is 1.76 bits per heavy atom. The Balaban J connectivity index is 2.84. The number of amides is 1. The van der Waals surface area contributed by atoms with Gasteiger partial charge in [-0.3, -0.25) is 0 Å². The molecule has 116 valence electrons. The Kier molecular flexibility index (Phi) is 6.00. The molecule has 21 heavy (non-hydrogen) atoms. The lowest BCUT2D eigenvalue weighted by atomic mass is 9.93. The van der Waals surface area contributed by atoms with Gasteiger partial charge in [-0.2, -0.15) is 0 Å². The van der Waals surface area contributed by atoms with E-state index in [9.17, 15) is 14.7 Å². The number of carboxylic acids is 1. The predicted molar refractivity (Wildman–Crippen MR) is 88.4 cm³/mol. The number of benzene rings is 1. The first-order valence-electron chi connectivity index (χ1n) is 6.58. The van der Waals surface area contributed by atoms with Crippen LogP contribution in [0, 0.1) is 3.57 Å². The molecule has 0 spiro atoms. The number of carbonyl (C=O) groups excluding carboxylic acids is 1. The van der Waals surface area contributed by atoms with E-state index in [0.29, 0.717) is 0 Å². The predicted octanol–water partition coefficient (Wildman–Crippen LogP) is 3.37. The quantitative estimate of drug-likeness (QED) is 0.754. The molecule has 1 amide bonds. The Morgan fingerprint density at radius 1 is 1.24 bits per heavy atom. The van der Waals surface area contributed by atoms with Crippen molar-refractivity contribution < 1.29 is 19.4 Å². The van der Waals surface area contributed by atoms with E-state index < -0.39 is 23.7 Å². The van der Waals surface area contributed by atoms with Crippen molar-refractivity contribution in [1.29, 1.82) is 0 Å². The number of alkyl carbamates (subject to hydrolysis) is 1. The van der Waals surface area contributed by atoms with Crippen LogP contribution in [-0.4, -0.2) is 28.8 Å². The van der Waals surface area contributed by atoms with Gasteiger partial charge in [0, 0.05) is 9.49 Å². The van der Waals surface area contributed by atoms with Crippen molar-refractivity contribution in [1.82, 2.24) is 5.32 Å². The highest BCUT2D eigenvalue weighted by atomic mass is 127. The van der Waals surface area contributed by atoms with E-state index in [4.69, 9.17) is 4.74 Å². The van der Waals surface area contributed by atoms with Crippen LogP contribution in [0.2, 0.25) is 0 Å². The molecule has 2 atom stereocenters. The number of halogens is 1. The van der Waals surface area contributed by atoms with Crippen LogP contribution in [0.15, 0.2) is 24.3 Å². The van der Waals surface area contributed by atoms with Crippen molar-refractivity contribution in [2.24, 2.45) is 0 Å². The third-order valence-corrected chi connectivity index (χ3v) is 3.55. The molecule has 1 rings (SSSR count). The molecule has 1 unspecified atom stereocenters. The fraction of sp³-hybridized carbons (Fsp3) is 0.467. The monoisotopic (exact) mass is 405 g/mol. The van der Waals surface area contributed by atoms with Gasteiger partial charge in [0.05, 0.1) is 0 Å². The van der Waals surface area contributed by atoms with Crippen LogP contribution in [0.3, 0.4) is 0 Å². The molecule has 0 saturated carbocycles. The molecule has 0 radical (unpaired) electrons. The second kappa shape index (κ2) is 7.11. The van der Waals surface area contributed by atoms with Crippen molar-refractivity contribution in [3.8, 4) is 0 Å². The summed E-state index contributed by atoms with van der Waals surface area (Å²) >= 11 is 2.18. The summed E-state index contributed by atoms with van der Waals surface area (Å²) in [6, 6.07) is 6.48. The van der Waals surface area contributed by atoms with E-state index in [-0.39, 0.29) is 5.92 Å². The van der Waals surface area contributed by atoms with Gasteiger partial charge < -0.3 is 15.2 Å². The molecule has 1 aromatic rings. The summed E-state index contributed by atoms with van der Waals surface area (Å²) in [6.45, 7) is 6.94. The second-order valence-electron chi connectivity index (χ2n) is 5.80. The van der Waals surface area contributed by atoms with Gasteiger partial charge in [0.1, 0.15) is 11.6 Å². The maximum atomic E-state index is 11.8. The zero-order valence-electron chi connectivity index (χ0n) is 12.5. The van der Waals surface area contributed by atoms with Gasteiger partial charge in [0.2, 0.25) is 0 Å². The van der Waals surface area contributed by atoms with Crippen LogP contribution in [0.1, 0.15) is 39.2 Å². The van der Waals surface area contributed by atoms with E-state index in [2.05, 4.69) is 27.9 Å². The summed E-state index contributed by atoms with van der Waals surface area (Å²) in [7, 11) is 0. The fourth-order valence-electron chi connectivity index (χ4n) is 1.79. The van der Waals surface area contributed by atoms with E-state index in [0.717, 1.165) is 9.13 Å². The van der Waals surface area contributed by atoms with Crippen LogP contribution in [0.4, 0.5) is 4.79 Å². The highest BCUT2D eigenvalue weighted by molar-refractivity contribution is 14.1. The second-order valence-corrected chi connectivity index (χ2v) is 7.05. The van der Waals surface area contributed by atoms with Crippen LogP contribution in [-0.2, 0) is 9.53 Å². The van der Waals surface area contributed by atoms with Gasteiger partial charge in [-0.15, -0.1) is 0 Å². The van der Waals surface area contributed by atoms with Crippen molar-refractivity contribution >= 4 is 34.7 Å². The third kappa shape index (κ3) is 5.91.